The fourth-order valence-corrected chi connectivity index (χ4v) is 5.76. The number of carbonyl (C=O) groups is 2. The van der Waals surface area contributed by atoms with Gasteiger partial charge in [0.05, 0.1) is 0 Å². The van der Waals surface area contributed by atoms with Gasteiger partial charge in [-0.1, -0.05) is 70.6 Å². The van der Waals surface area contributed by atoms with E-state index < -0.39 is 0 Å². The smallest absolute Gasteiger partial charge is 0.230 e. The van der Waals surface area contributed by atoms with E-state index in [9.17, 15) is 14.8 Å². The fourth-order valence-electron chi connectivity index (χ4n) is 5.76. The van der Waals surface area contributed by atoms with E-state index in [1.54, 1.807) is 5.06 Å². The number of hydrogen-bond donors (Lipinski definition) is 2. The van der Waals surface area contributed by atoms with Crippen LogP contribution in [0.5, 0.6) is 0 Å². The lowest BCUT2D eigenvalue weighted by Gasteiger charge is -2.51. The molecule has 0 aromatic rings. The van der Waals surface area contributed by atoms with Crippen molar-refractivity contribution in [2.24, 2.45) is 11.8 Å². The monoisotopic (exact) mass is 422 g/mol. The molecule has 30 heavy (non-hydrogen) atoms. The number of nitrogens with one attached hydrogen (secondary N) is 1. The summed E-state index contributed by atoms with van der Waals surface area (Å²) >= 11 is 0. The van der Waals surface area contributed by atoms with E-state index in [2.05, 4.69) is 33.0 Å². The number of imide groups is 1. The van der Waals surface area contributed by atoms with Crippen LogP contribution in [0.15, 0.2) is 0 Å². The Morgan fingerprint density at radius 1 is 0.800 bits per heavy atom. The van der Waals surface area contributed by atoms with Crippen LogP contribution in [0.3, 0.4) is 0 Å². The molecule has 2 N–H and O–H groups in total. The molecule has 2 heterocycles. The van der Waals surface area contributed by atoms with Crippen LogP contribution < -0.4 is 5.32 Å². The van der Waals surface area contributed by atoms with Crippen LogP contribution in [-0.4, -0.2) is 33.2 Å². The molecule has 174 valence electrons. The van der Waals surface area contributed by atoms with Crippen molar-refractivity contribution in [2.45, 2.75) is 135 Å². The summed E-state index contributed by atoms with van der Waals surface area (Å²) in [5, 5.41) is 14.4. The van der Waals surface area contributed by atoms with Crippen LogP contribution in [0.25, 0.3) is 0 Å². The molecule has 5 heteroatoms. The Balaban J connectivity index is 1.40. The van der Waals surface area contributed by atoms with Gasteiger partial charge < -0.3 is 5.21 Å². The summed E-state index contributed by atoms with van der Waals surface area (Å²) in [6.45, 7) is 8.64. The Bertz CT molecular complexity index is 541. The number of rotatable bonds is 13. The van der Waals surface area contributed by atoms with Gasteiger partial charge in [0, 0.05) is 23.4 Å². The van der Waals surface area contributed by atoms with Crippen LogP contribution in [-0.2, 0) is 9.59 Å². The molecule has 0 spiro atoms. The van der Waals surface area contributed by atoms with E-state index >= 15 is 0 Å². The van der Waals surface area contributed by atoms with E-state index in [0.717, 1.165) is 31.6 Å². The minimum absolute atomic E-state index is 0.0636. The molecule has 2 amide bonds. The van der Waals surface area contributed by atoms with Gasteiger partial charge in [-0.05, 0) is 52.9 Å². The molecule has 2 aliphatic heterocycles. The highest BCUT2D eigenvalue weighted by Crippen LogP contribution is 2.41. The summed E-state index contributed by atoms with van der Waals surface area (Å²) in [5.41, 5.74) is -0.235. The third-order valence-corrected chi connectivity index (χ3v) is 7.20. The maximum absolute atomic E-state index is 11.5. The van der Waals surface area contributed by atoms with E-state index in [1.807, 2.05) is 0 Å². The van der Waals surface area contributed by atoms with Crippen molar-refractivity contribution in [1.29, 1.82) is 0 Å². The molecule has 0 aromatic carbocycles. The molecule has 0 radical (unpaired) electrons. The Hall–Kier alpha value is -0.940. The number of hydroxylamine groups is 2. The van der Waals surface area contributed by atoms with Gasteiger partial charge in [0.25, 0.3) is 0 Å². The van der Waals surface area contributed by atoms with E-state index in [1.165, 1.54) is 64.2 Å². The SMILES string of the molecule is CC1(C)CC(CCCCCCCCCCCCC2CC(=O)NC2=O)CC(C)(C)N1O. The minimum Gasteiger partial charge on any atom is -0.313 e. The van der Waals surface area contributed by atoms with Crippen molar-refractivity contribution >= 4 is 11.8 Å². The lowest BCUT2D eigenvalue weighted by atomic mass is 9.73. The van der Waals surface area contributed by atoms with Gasteiger partial charge in [-0.3, -0.25) is 14.9 Å². The summed E-state index contributed by atoms with van der Waals surface area (Å²) < 4.78 is 0. The first kappa shape index (κ1) is 25.3. The number of unbranched alkanes of at least 4 members (excludes halogenated alkanes) is 9. The normalized spacial score (nSPS) is 24.4. The standard InChI is InChI=1S/C25H46N2O3/c1-24(2)18-20(19-25(3,4)27(24)30)15-13-11-9-7-5-6-8-10-12-14-16-21-17-22(28)26-23(21)29/h20-21,30H,5-19H2,1-4H3,(H,26,28,29). The van der Waals surface area contributed by atoms with Gasteiger partial charge in [0.1, 0.15) is 0 Å². The summed E-state index contributed by atoms with van der Waals surface area (Å²) in [7, 11) is 0. The third-order valence-electron chi connectivity index (χ3n) is 7.20. The Morgan fingerprint density at radius 3 is 1.67 bits per heavy atom. The van der Waals surface area contributed by atoms with Crippen LogP contribution in [0.4, 0.5) is 0 Å². The predicted molar refractivity (Wildman–Crippen MR) is 121 cm³/mol. The summed E-state index contributed by atoms with van der Waals surface area (Å²) in [6.07, 6.45) is 17.5. The fraction of sp³-hybridized carbons (Fsp3) is 0.920. The van der Waals surface area contributed by atoms with Crippen molar-refractivity contribution in [1.82, 2.24) is 10.4 Å². The zero-order valence-corrected chi connectivity index (χ0v) is 20.0. The second-order valence-electron chi connectivity index (χ2n) is 11.1. The zero-order valence-electron chi connectivity index (χ0n) is 20.0. The maximum Gasteiger partial charge on any atom is 0.230 e. The molecular weight excluding hydrogens is 376 g/mol. The summed E-state index contributed by atoms with van der Waals surface area (Å²) in [5.74, 6) is 0.497. The van der Waals surface area contributed by atoms with E-state index in [4.69, 9.17) is 0 Å². The van der Waals surface area contributed by atoms with Gasteiger partial charge in [0.15, 0.2) is 0 Å². The zero-order chi connectivity index (χ0) is 22.2. The maximum atomic E-state index is 11.5. The molecule has 1 atom stereocenters. The molecule has 0 saturated carbocycles. The molecule has 2 aliphatic rings. The van der Waals surface area contributed by atoms with Gasteiger partial charge in [-0.25, -0.2) is 0 Å². The second kappa shape index (κ2) is 11.6. The topological polar surface area (TPSA) is 69.6 Å². The van der Waals surface area contributed by atoms with Crippen molar-refractivity contribution < 1.29 is 14.8 Å². The first-order chi connectivity index (χ1) is 14.1. The quantitative estimate of drug-likeness (QED) is 0.282. The number of carbonyl (C=O) groups excluding carboxylic acids is 2. The Labute approximate surface area is 184 Å². The molecule has 0 bridgehead atoms. The Morgan fingerprint density at radius 2 is 1.23 bits per heavy atom. The van der Waals surface area contributed by atoms with E-state index in [0.29, 0.717) is 6.42 Å². The highest BCUT2D eigenvalue weighted by Gasteiger charge is 2.44. The van der Waals surface area contributed by atoms with Crippen molar-refractivity contribution in [3.8, 4) is 0 Å². The third kappa shape index (κ3) is 7.96. The molecular formula is C25H46N2O3. The molecule has 0 aliphatic carbocycles. The number of amides is 2. The lowest BCUT2D eigenvalue weighted by molar-refractivity contribution is -0.251. The molecule has 1 unspecified atom stereocenters. The Kier molecular flexibility index (Phi) is 9.80. The second-order valence-corrected chi connectivity index (χ2v) is 11.1. The number of nitrogens with zero attached hydrogens (tertiary/aromatic N) is 1. The molecule has 2 rings (SSSR count). The first-order valence-electron chi connectivity index (χ1n) is 12.4. The van der Waals surface area contributed by atoms with Crippen LogP contribution in [0, 0.1) is 11.8 Å². The van der Waals surface area contributed by atoms with Crippen molar-refractivity contribution in [3.63, 3.8) is 0 Å². The van der Waals surface area contributed by atoms with Crippen LogP contribution in [0.1, 0.15) is 124 Å². The highest BCUT2D eigenvalue weighted by molar-refractivity contribution is 6.03. The molecule has 2 fully saturated rings. The van der Waals surface area contributed by atoms with Crippen molar-refractivity contribution in [2.75, 3.05) is 0 Å². The summed E-state index contributed by atoms with van der Waals surface area (Å²) in [4.78, 5) is 22.7. The molecule has 2 saturated heterocycles. The minimum atomic E-state index is -0.118. The number of hydrogen-bond acceptors (Lipinski definition) is 4. The van der Waals surface area contributed by atoms with Gasteiger partial charge in [0.2, 0.25) is 11.8 Å². The van der Waals surface area contributed by atoms with Gasteiger partial charge in [-0.2, -0.15) is 5.06 Å². The summed E-state index contributed by atoms with van der Waals surface area (Å²) in [6, 6.07) is 0. The average Bonchev–Trinajstić information content (AvgIpc) is 2.97. The largest absolute Gasteiger partial charge is 0.313 e. The molecule has 5 nitrogen and oxygen atoms in total. The van der Waals surface area contributed by atoms with Crippen LogP contribution >= 0.6 is 0 Å². The molecule has 0 aromatic heterocycles. The first-order valence-corrected chi connectivity index (χ1v) is 12.4. The van der Waals surface area contributed by atoms with Crippen LogP contribution in [0.2, 0.25) is 0 Å². The van der Waals surface area contributed by atoms with Gasteiger partial charge >= 0.3 is 0 Å². The average molecular weight is 423 g/mol. The lowest BCUT2D eigenvalue weighted by Crippen LogP contribution is -2.58. The van der Waals surface area contributed by atoms with E-state index in [-0.39, 0.29) is 28.8 Å². The number of piperidine rings is 1. The van der Waals surface area contributed by atoms with Crippen molar-refractivity contribution in [3.05, 3.63) is 0 Å². The van der Waals surface area contributed by atoms with Gasteiger partial charge in [-0.15, -0.1) is 0 Å². The predicted octanol–water partition coefficient (Wildman–Crippen LogP) is 5.99. The highest BCUT2D eigenvalue weighted by atomic mass is 16.5.